The van der Waals surface area contributed by atoms with Crippen LogP contribution in [-0.2, 0) is 9.59 Å². The van der Waals surface area contributed by atoms with Crippen molar-refractivity contribution in [3.63, 3.8) is 0 Å². The molecule has 0 spiro atoms. The zero-order chi connectivity index (χ0) is 36.9. The Labute approximate surface area is 306 Å². The monoisotopic (exact) mass is 701 g/mol. The molecule has 0 atom stereocenters. The number of hydrogen-bond acceptors (Lipinski definition) is 4. The minimum Gasteiger partial charge on any atom is -0.550 e. The van der Waals surface area contributed by atoms with Crippen LogP contribution in [0.4, 0.5) is 0 Å². The van der Waals surface area contributed by atoms with Gasteiger partial charge in [0, 0.05) is 24.1 Å². The number of rotatable bonds is 30. The molecule has 0 aliphatic rings. The lowest BCUT2D eigenvalue weighted by molar-refractivity contribution is -0.449. The lowest BCUT2D eigenvalue weighted by Crippen LogP contribution is -2.21. The van der Waals surface area contributed by atoms with Crippen LogP contribution < -0.4 is 20.4 Å². The third-order valence-electron chi connectivity index (χ3n) is 8.17. The quantitative estimate of drug-likeness (QED) is 0.0619. The van der Waals surface area contributed by atoms with Gasteiger partial charge < -0.3 is 19.8 Å². The van der Waals surface area contributed by atoms with Gasteiger partial charge in [-0.2, -0.15) is 10.2 Å². The van der Waals surface area contributed by atoms with Crippen molar-refractivity contribution in [2.45, 2.75) is 194 Å². The average Bonchev–Trinajstić information content (AvgIpc) is 3.89. The molecule has 0 fully saturated rings. The molecule has 0 amide bonds. The molecule has 0 radical (unpaired) electrons. The van der Waals surface area contributed by atoms with E-state index in [9.17, 15) is 19.8 Å². The van der Waals surface area contributed by atoms with E-state index >= 15 is 0 Å². The SMILES string of the molecule is CCCCCCCC/C=C\CCCCCCCC(=O)[O-].CCCCCCCC/C=C\CCCCCCCC(=O)[O-].c1c[nH][nH+]c1.c1c[nH][nH+]c1. The fourth-order valence-electron chi connectivity index (χ4n) is 5.16. The Kier molecular flexibility index (Phi) is 44.9. The second kappa shape index (κ2) is 45.8. The van der Waals surface area contributed by atoms with E-state index in [0.717, 1.165) is 38.5 Å². The van der Waals surface area contributed by atoms with Crippen LogP contribution in [0.2, 0.25) is 0 Å². The zero-order valence-electron chi connectivity index (χ0n) is 32.2. The first-order chi connectivity index (χ1) is 24.5. The van der Waals surface area contributed by atoms with Crippen molar-refractivity contribution in [2.24, 2.45) is 0 Å². The molecule has 8 heteroatoms. The normalized spacial score (nSPS) is 10.6. The molecule has 2 rings (SSSR count). The molecule has 0 unspecified atom stereocenters. The van der Waals surface area contributed by atoms with Crippen molar-refractivity contribution in [3.8, 4) is 0 Å². The van der Waals surface area contributed by atoms with Crippen LogP contribution in [-0.4, -0.2) is 22.1 Å². The number of hydrogen-bond donors (Lipinski definition) is 2. The highest BCUT2D eigenvalue weighted by atomic mass is 16.4. The highest BCUT2D eigenvalue weighted by Crippen LogP contribution is 2.11. The number of carbonyl (C=O) groups is 2. The standard InChI is InChI=1S/2C18H34O2.2C3H4N2/c2*1-2-3-4-5-6-7-8-9-10-11-12-13-14-15-16-17-18(19)20;2*1-2-4-5-3-1/h2*9-10H,2-8,11-17H2,1H3,(H,19,20);2*1-3H,(H,4,5)/b2*10-9-;;. The minimum absolute atomic E-state index is 0.220. The molecule has 8 nitrogen and oxygen atoms in total. The highest BCUT2D eigenvalue weighted by molar-refractivity contribution is 5.64. The van der Waals surface area contributed by atoms with E-state index in [1.807, 2.05) is 36.9 Å². The maximum Gasteiger partial charge on any atom is 0.192 e. The van der Waals surface area contributed by atoms with Gasteiger partial charge in [0.25, 0.3) is 0 Å². The summed E-state index contributed by atoms with van der Waals surface area (Å²) in [5, 5.41) is 31.4. The fraction of sp³-hybridized carbons (Fsp3) is 0.714. The number of unbranched alkanes of at least 4 members (excludes halogenated alkanes) is 22. The van der Waals surface area contributed by atoms with Gasteiger partial charge in [0.1, 0.15) is 0 Å². The molecule has 0 bridgehead atoms. The van der Waals surface area contributed by atoms with Crippen LogP contribution in [0.15, 0.2) is 61.2 Å². The van der Waals surface area contributed by atoms with Gasteiger partial charge in [-0.1, -0.05) is 141 Å². The summed E-state index contributed by atoms with van der Waals surface area (Å²) in [6.45, 7) is 4.51. The molecular formula is C42H76N4O4. The van der Waals surface area contributed by atoms with Gasteiger partial charge in [-0.3, -0.25) is 0 Å². The number of aromatic amines is 4. The number of aliphatic carboxylic acids is 2. The van der Waals surface area contributed by atoms with E-state index in [0.29, 0.717) is 0 Å². The van der Waals surface area contributed by atoms with Crippen LogP contribution in [0.5, 0.6) is 0 Å². The summed E-state index contributed by atoms with van der Waals surface area (Å²) in [5.41, 5.74) is 0. The van der Waals surface area contributed by atoms with Crippen LogP contribution in [0.1, 0.15) is 194 Å². The Morgan fingerprint density at radius 3 is 0.960 bits per heavy atom. The second-order valence-electron chi connectivity index (χ2n) is 13.0. The van der Waals surface area contributed by atoms with Crippen molar-refractivity contribution in [1.29, 1.82) is 0 Å². The van der Waals surface area contributed by atoms with Gasteiger partial charge in [-0.15, -0.1) is 10.2 Å². The minimum atomic E-state index is -0.914. The number of H-pyrrole nitrogens is 4. The molecule has 2 aromatic rings. The van der Waals surface area contributed by atoms with E-state index in [1.165, 1.54) is 128 Å². The Hall–Kier alpha value is -3.16. The zero-order valence-corrected chi connectivity index (χ0v) is 32.2. The smallest absolute Gasteiger partial charge is 0.192 e. The van der Waals surface area contributed by atoms with E-state index in [4.69, 9.17) is 0 Å². The third kappa shape index (κ3) is 51.7. The Balaban J connectivity index is 0. The number of carboxylic acids is 2. The first-order valence-electron chi connectivity index (χ1n) is 20.2. The number of carboxylic acid groups (broad SMARTS) is 2. The Bertz CT molecular complexity index is 819. The van der Waals surface area contributed by atoms with E-state index in [-0.39, 0.29) is 12.8 Å². The second-order valence-corrected chi connectivity index (χ2v) is 13.0. The highest BCUT2D eigenvalue weighted by Gasteiger charge is 1.93. The van der Waals surface area contributed by atoms with Crippen LogP contribution >= 0.6 is 0 Å². The molecule has 2 aromatic heterocycles. The maximum atomic E-state index is 10.2. The maximum absolute atomic E-state index is 10.2. The summed E-state index contributed by atoms with van der Waals surface area (Å²) in [6.07, 6.45) is 49.1. The fourth-order valence-corrected chi connectivity index (χ4v) is 5.16. The van der Waals surface area contributed by atoms with Crippen LogP contribution in [0.25, 0.3) is 0 Å². The van der Waals surface area contributed by atoms with Gasteiger partial charge in [0.15, 0.2) is 12.4 Å². The summed E-state index contributed by atoms with van der Waals surface area (Å²) in [5.74, 6) is -1.83. The summed E-state index contributed by atoms with van der Waals surface area (Å²) >= 11 is 0. The van der Waals surface area contributed by atoms with Crippen LogP contribution in [0.3, 0.4) is 0 Å². The number of nitrogens with one attached hydrogen (secondary N) is 4. The molecule has 0 aromatic carbocycles. The van der Waals surface area contributed by atoms with Gasteiger partial charge in [0.05, 0.1) is 12.4 Å². The number of allylic oxidation sites excluding steroid dienone is 4. The first kappa shape index (κ1) is 49.0. The van der Waals surface area contributed by atoms with Gasteiger partial charge >= 0.3 is 0 Å². The summed E-state index contributed by atoms with van der Waals surface area (Å²) in [4.78, 5) is 20.4. The molecule has 2 heterocycles. The van der Waals surface area contributed by atoms with Crippen molar-refractivity contribution in [3.05, 3.63) is 61.2 Å². The van der Waals surface area contributed by atoms with E-state index < -0.39 is 11.9 Å². The summed E-state index contributed by atoms with van der Waals surface area (Å²) in [6, 6.07) is 3.78. The average molecular weight is 701 g/mol. The number of carbonyl (C=O) groups excluding carboxylic acids is 2. The van der Waals surface area contributed by atoms with Crippen molar-refractivity contribution in [1.82, 2.24) is 10.2 Å². The Morgan fingerprint density at radius 1 is 0.460 bits per heavy atom. The molecule has 50 heavy (non-hydrogen) atoms. The van der Waals surface area contributed by atoms with Crippen LogP contribution in [0, 0.1) is 0 Å². The molecule has 0 aliphatic carbocycles. The first-order valence-corrected chi connectivity index (χ1v) is 20.2. The number of aromatic nitrogens is 4. The molecule has 0 saturated carbocycles. The molecule has 288 valence electrons. The predicted octanol–water partition coefficient (Wildman–Crippen LogP) is 9.21. The lowest BCUT2D eigenvalue weighted by Gasteiger charge is -2.01. The van der Waals surface area contributed by atoms with Crippen molar-refractivity contribution >= 4 is 11.9 Å². The van der Waals surface area contributed by atoms with E-state index in [1.54, 1.807) is 0 Å². The largest absolute Gasteiger partial charge is 0.550 e. The van der Waals surface area contributed by atoms with Crippen molar-refractivity contribution in [2.75, 3.05) is 0 Å². The third-order valence-corrected chi connectivity index (χ3v) is 8.17. The van der Waals surface area contributed by atoms with Crippen molar-refractivity contribution < 1.29 is 30.0 Å². The van der Waals surface area contributed by atoms with Gasteiger partial charge in [-0.05, 0) is 77.0 Å². The van der Waals surface area contributed by atoms with Gasteiger partial charge in [0.2, 0.25) is 0 Å². The molecule has 0 aliphatic heterocycles. The Morgan fingerprint density at radius 2 is 0.740 bits per heavy atom. The molecule has 0 saturated heterocycles. The van der Waals surface area contributed by atoms with Gasteiger partial charge in [-0.25, -0.2) is 0 Å². The molecular weight excluding hydrogens is 624 g/mol. The molecule has 4 N–H and O–H groups in total. The summed E-state index contributed by atoms with van der Waals surface area (Å²) in [7, 11) is 0. The van der Waals surface area contributed by atoms with E-state index in [2.05, 4.69) is 58.5 Å². The topological polar surface area (TPSA) is 140 Å². The lowest BCUT2D eigenvalue weighted by atomic mass is 10.1. The predicted molar refractivity (Wildman–Crippen MR) is 204 cm³/mol. The summed E-state index contributed by atoms with van der Waals surface area (Å²) < 4.78 is 0.